The molecule has 1 aromatic rings. The molecule has 0 bridgehead atoms. The molecule has 4 nitrogen and oxygen atoms in total. The highest BCUT2D eigenvalue weighted by molar-refractivity contribution is 5.94. The fourth-order valence-electron chi connectivity index (χ4n) is 1.55. The van der Waals surface area contributed by atoms with Gasteiger partial charge in [-0.25, -0.2) is 4.39 Å². The molecule has 0 aliphatic rings. The molecule has 100 valence electrons. The minimum absolute atomic E-state index is 0.135. The van der Waals surface area contributed by atoms with Crippen molar-refractivity contribution in [1.29, 1.82) is 0 Å². The Morgan fingerprint density at radius 3 is 2.72 bits per heavy atom. The third-order valence-electron chi connectivity index (χ3n) is 2.64. The maximum Gasteiger partial charge on any atom is 0.254 e. The highest BCUT2D eigenvalue weighted by Gasteiger charge is 2.16. The molecule has 0 saturated carbocycles. The van der Waals surface area contributed by atoms with E-state index in [1.807, 2.05) is 0 Å². The van der Waals surface area contributed by atoms with E-state index in [-0.39, 0.29) is 24.6 Å². The van der Waals surface area contributed by atoms with Crippen LogP contribution in [0, 0.1) is 12.7 Å². The molecule has 1 amide bonds. The van der Waals surface area contributed by atoms with E-state index in [0.717, 1.165) is 0 Å². The molecule has 0 heterocycles. The van der Waals surface area contributed by atoms with Crippen LogP contribution in [0.1, 0.15) is 15.9 Å². The van der Waals surface area contributed by atoms with Crippen molar-refractivity contribution in [2.24, 2.45) is 0 Å². The number of aryl methyl sites for hydroxylation is 1. The van der Waals surface area contributed by atoms with Crippen molar-refractivity contribution in [2.75, 3.05) is 33.4 Å². The van der Waals surface area contributed by atoms with Gasteiger partial charge in [0.1, 0.15) is 5.82 Å². The lowest BCUT2D eigenvalue weighted by Crippen LogP contribution is -2.36. The van der Waals surface area contributed by atoms with Crippen LogP contribution in [0.5, 0.6) is 0 Å². The number of carbonyl (C=O) groups is 1. The summed E-state index contributed by atoms with van der Waals surface area (Å²) < 4.78 is 18.3. The molecule has 1 N–H and O–H groups in total. The zero-order chi connectivity index (χ0) is 13.5. The Morgan fingerprint density at radius 2 is 2.17 bits per heavy atom. The number of nitrogens with zero attached hydrogens (tertiary/aromatic N) is 1. The number of benzene rings is 1. The summed E-state index contributed by atoms with van der Waals surface area (Å²) in [5.41, 5.74) is 0.778. The summed E-state index contributed by atoms with van der Waals surface area (Å²) in [7, 11) is 1.53. The van der Waals surface area contributed by atoms with Crippen molar-refractivity contribution < 1.29 is 19.0 Å². The first-order valence-electron chi connectivity index (χ1n) is 5.75. The van der Waals surface area contributed by atoms with Crippen molar-refractivity contribution in [3.05, 3.63) is 35.1 Å². The summed E-state index contributed by atoms with van der Waals surface area (Å²) >= 11 is 0. The van der Waals surface area contributed by atoms with Gasteiger partial charge >= 0.3 is 0 Å². The van der Waals surface area contributed by atoms with Crippen LogP contribution in [0.15, 0.2) is 18.2 Å². The number of aliphatic hydroxyl groups excluding tert-OH is 1. The lowest BCUT2D eigenvalue weighted by molar-refractivity contribution is 0.0656. The van der Waals surface area contributed by atoms with Gasteiger partial charge < -0.3 is 14.7 Å². The van der Waals surface area contributed by atoms with E-state index in [4.69, 9.17) is 9.84 Å². The molecule has 5 heteroatoms. The lowest BCUT2D eigenvalue weighted by Gasteiger charge is -2.21. The Bertz CT molecular complexity index is 409. The van der Waals surface area contributed by atoms with E-state index >= 15 is 0 Å². The average Bonchev–Trinajstić information content (AvgIpc) is 2.37. The van der Waals surface area contributed by atoms with Gasteiger partial charge in [0.05, 0.1) is 13.2 Å². The van der Waals surface area contributed by atoms with Gasteiger partial charge in [0.15, 0.2) is 0 Å². The predicted octanol–water partition coefficient (Wildman–Crippen LogP) is 1.22. The zero-order valence-corrected chi connectivity index (χ0v) is 10.6. The average molecular weight is 255 g/mol. The van der Waals surface area contributed by atoms with Crippen LogP contribution in [0.4, 0.5) is 4.39 Å². The molecule has 18 heavy (non-hydrogen) atoms. The molecule has 0 aromatic heterocycles. The first-order chi connectivity index (χ1) is 8.60. The number of aliphatic hydroxyl groups is 1. The number of hydrogen-bond donors (Lipinski definition) is 1. The van der Waals surface area contributed by atoms with Crippen LogP contribution >= 0.6 is 0 Å². The van der Waals surface area contributed by atoms with E-state index in [1.165, 1.54) is 18.1 Å². The number of rotatable bonds is 6. The van der Waals surface area contributed by atoms with E-state index < -0.39 is 5.82 Å². The molecule has 0 fully saturated rings. The van der Waals surface area contributed by atoms with Crippen LogP contribution < -0.4 is 0 Å². The van der Waals surface area contributed by atoms with Gasteiger partial charge in [-0.05, 0) is 24.6 Å². The van der Waals surface area contributed by atoms with Crippen LogP contribution in [0.25, 0.3) is 0 Å². The second kappa shape index (κ2) is 7.08. The van der Waals surface area contributed by atoms with Crippen LogP contribution in [0.2, 0.25) is 0 Å². The summed E-state index contributed by atoms with van der Waals surface area (Å²) in [6.07, 6.45) is 0. The normalized spacial score (nSPS) is 10.4. The molecule has 0 saturated heterocycles. The van der Waals surface area contributed by atoms with Crippen molar-refractivity contribution >= 4 is 5.91 Å². The molecular weight excluding hydrogens is 237 g/mol. The summed E-state index contributed by atoms with van der Waals surface area (Å²) in [6, 6.07) is 4.36. The van der Waals surface area contributed by atoms with E-state index in [1.54, 1.807) is 19.1 Å². The standard InChI is InChI=1S/C13H18FNO3/c1-10-3-4-11(9-12(10)14)13(17)15(5-7-16)6-8-18-2/h3-4,9,16H,5-8H2,1-2H3. The van der Waals surface area contributed by atoms with E-state index in [2.05, 4.69) is 0 Å². The Labute approximate surface area is 106 Å². The monoisotopic (exact) mass is 255 g/mol. The Morgan fingerprint density at radius 1 is 1.44 bits per heavy atom. The molecular formula is C13H18FNO3. The quantitative estimate of drug-likeness (QED) is 0.831. The molecule has 0 spiro atoms. The third-order valence-corrected chi connectivity index (χ3v) is 2.64. The molecule has 1 aromatic carbocycles. The smallest absolute Gasteiger partial charge is 0.254 e. The topological polar surface area (TPSA) is 49.8 Å². The summed E-state index contributed by atoms with van der Waals surface area (Å²) in [5, 5.41) is 8.92. The molecule has 0 atom stereocenters. The minimum Gasteiger partial charge on any atom is -0.395 e. The van der Waals surface area contributed by atoms with Crippen LogP contribution in [-0.2, 0) is 4.74 Å². The molecule has 0 radical (unpaired) electrons. The van der Waals surface area contributed by atoms with Crippen molar-refractivity contribution in [2.45, 2.75) is 6.92 Å². The summed E-state index contributed by atoms with van der Waals surface area (Å²) in [5.74, 6) is -0.712. The maximum atomic E-state index is 13.4. The third kappa shape index (κ3) is 3.78. The number of ether oxygens (including phenoxy) is 1. The van der Waals surface area contributed by atoms with E-state index in [9.17, 15) is 9.18 Å². The second-order valence-corrected chi connectivity index (χ2v) is 3.97. The first-order valence-corrected chi connectivity index (χ1v) is 5.75. The Kier molecular flexibility index (Phi) is 5.74. The Balaban J connectivity index is 2.83. The van der Waals surface area contributed by atoms with Crippen molar-refractivity contribution in [1.82, 2.24) is 4.90 Å². The largest absolute Gasteiger partial charge is 0.395 e. The fourth-order valence-corrected chi connectivity index (χ4v) is 1.55. The highest BCUT2D eigenvalue weighted by Crippen LogP contribution is 2.11. The van der Waals surface area contributed by atoms with Gasteiger partial charge in [0, 0.05) is 25.8 Å². The SMILES string of the molecule is COCCN(CCO)C(=O)c1ccc(C)c(F)c1. The summed E-state index contributed by atoms with van der Waals surface area (Å²) in [4.78, 5) is 13.5. The lowest BCUT2D eigenvalue weighted by atomic mass is 10.1. The number of methoxy groups -OCH3 is 1. The van der Waals surface area contributed by atoms with Gasteiger partial charge in [-0.2, -0.15) is 0 Å². The second-order valence-electron chi connectivity index (χ2n) is 3.97. The number of amides is 1. The maximum absolute atomic E-state index is 13.4. The van der Waals surface area contributed by atoms with Crippen LogP contribution in [-0.4, -0.2) is 49.3 Å². The molecule has 0 unspecified atom stereocenters. The fraction of sp³-hybridized carbons (Fsp3) is 0.462. The van der Waals surface area contributed by atoms with E-state index in [0.29, 0.717) is 18.7 Å². The summed E-state index contributed by atoms with van der Waals surface area (Å²) in [6.45, 7) is 2.45. The minimum atomic E-state index is -0.406. The molecule has 1 rings (SSSR count). The van der Waals surface area contributed by atoms with Crippen molar-refractivity contribution in [3.63, 3.8) is 0 Å². The Hall–Kier alpha value is -1.46. The zero-order valence-electron chi connectivity index (χ0n) is 10.6. The molecule has 0 aliphatic carbocycles. The number of halogens is 1. The van der Waals surface area contributed by atoms with Crippen molar-refractivity contribution in [3.8, 4) is 0 Å². The predicted molar refractivity (Wildman–Crippen MR) is 66.0 cm³/mol. The number of hydrogen-bond acceptors (Lipinski definition) is 3. The van der Waals surface area contributed by atoms with Gasteiger partial charge in [0.25, 0.3) is 5.91 Å². The van der Waals surface area contributed by atoms with Gasteiger partial charge in [-0.1, -0.05) is 6.07 Å². The number of carbonyl (C=O) groups excluding carboxylic acids is 1. The van der Waals surface area contributed by atoms with Crippen LogP contribution in [0.3, 0.4) is 0 Å². The van der Waals surface area contributed by atoms with Gasteiger partial charge in [-0.3, -0.25) is 4.79 Å². The van der Waals surface area contributed by atoms with Gasteiger partial charge in [-0.15, -0.1) is 0 Å². The molecule has 0 aliphatic heterocycles. The van der Waals surface area contributed by atoms with Gasteiger partial charge in [0.2, 0.25) is 0 Å². The first kappa shape index (κ1) is 14.6. The highest BCUT2D eigenvalue weighted by atomic mass is 19.1.